The minimum Gasteiger partial charge on any atom is -0.508 e. The Balaban J connectivity index is 1.44. The summed E-state index contributed by atoms with van der Waals surface area (Å²) in [5.41, 5.74) is 3.84. The van der Waals surface area contributed by atoms with Crippen molar-refractivity contribution < 1.29 is 24.6 Å². The van der Waals surface area contributed by atoms with Crippen LogP contribution in [0.25, 0.3) is 11.1 Å². The minimum absolute atomic E-state index is 0.167. The van der Waals surface area contributed by atoms with Crippen LogP contribution in [0.15, 0.2) is 66.0 Å². The molecule has 2 aromatic heterocycles. The molecule has 200 valence electrons. The molecule has 0 spiro atoms. The van der Waals surface area contributed by atoms with Gasteiger partial charge in [-0.3, -0.25) is 9.59 Å². The van der Waals surface area contributed by atoms with Gasteiger partial charge in [0.15, 0.2) is 0 Å². The first-order chi connectivity index (χ1) is 18.7. The Bertz CT molecular complexity index is 1470. The van der Waals surface area contributed by atoms with Crippen LogP contribution in [-0.2, 0) is 11.3 Å². The molecule has 1 atom stereocenters. The Hall–Kier alpha value is -4.77. The van der Waals surface area contributed by atoms with E-state index in [-0.39, 0.29) is 17.9 Å². The van der Waals surface area contributed by atoms with E-state index in [1.807, 2.05) is 36.4 Å². The molecule has 2 aromatic carbocycles. The van der Waals surface area contributed by atoms with Crippen LogP contribution in [0.2, 0.25) is 0 Å². The fourth-order valence-electron chi connectivity index (χ4n) is 4.02. The number of hydrogen-bond acceptors (Lipinski definition) is 8. The number of carboxylic acid groups (broad SMARTS) is 1. The number of thiophene rings is 1. The molecule has 10 nitrogen and oxygen atoms in total. The Morgan fingerprint density at radius 1 is 0.923 bits per heavy atom. The molecule has 0 radical (unpaired) electrons. The number of phenolic OH excluding ortho intramolecular Hbond substituents is 1. The second-order valence-electron chi connectivity index (χ2n) is 8.70. The van der Waals surface area contributed by atoms with Crippen molar-refractivity contribution in [2.75, 3.05) is 11.9 Å². The van der Waals surface area contributed by atoms with E-state index in [4.69, 9.17) is 0 Å². The van der Waals surface area contributed by atoms with Crippen molar-refractivity contribution in [3.8, 4) is 16.9 Å². The Kier molecular flexibility index (Phi) is 8.52. The maximum Gasteiger partial charge on any atom is 0.328 e. The molecule has 0 aliphatic rings. The van der Waals surface area contributed by atoms with Crippen molar-refractivity contribution in [3.05, 3.63) is 93.4 Å². The molecule has 5 N–H and O–H groups in total. The van der Waals surface area contributed by atoms with E-state index in [9.17, 15) is 24.6 Å². The highest BCUT2D eigenvalue weighted by atomic mass is 32.1. The van der Waals surface area contributed by atoms with Gasteiger partial charge in [0.05, 0.1) is 21.8 Å². The molecule has 0 aliphatic carbocycles. The Labute approximate surface area is 228 Å². The normalized spacial score (nSPS) is 11.4. The number of amides is 2. The van der Waals surface area contributed by atoms with Gasteiger partial charge in [-0.25, -0.2) is 14.8 Å². The maximum absolute atomic E-state index is 13.0. The molecule has 0 bridgehead atoms. The molecule has 2 amide bonds. The third-order valence-electron chi connectivity index (χ3n) is 5.95. The topological polar surface area (TPSA) is 154 Å². The molecule has 39 heavy (non-hydrogen) atoms. The summed E-state index contributed by atoms with van der Waals surface area (Å²) in [6.45, 7) is 3.42. The zero-order chi connectivity index (χ0) is 27.9. The van der Waals surface area contributed by atoms with Gasteiger partial charge in [0, 0.05) is 13.1 Å². The van der Waals surface area contributed by atoms with Crippen LogP contribution >= 0.6 is 11.3 Å². The van der Waals surface area contributed by atoms with Crippen LogP contribution in [0, 0.1) is 13.8 Å². The lowest BCUT2D eigenvalue weighted by molar-refractivity contribution is -0.139. The predicted octanol–water partition coefficient (Wildman–Crippen LogP) is 3.75. The predicted molar refractivity (Wildman–Crippen MR) is 148 cm³/mol. The molecule has 2 heterocycles. The van der Waals surface area contributed by atoms with Crippen LogP contribution in [0.1, 0.15) is 37.0 Å². The van der Waals surface area contributed by atoms with Crippen molar-refractivity contribution in [2.24, 2.45) is 0 Å². The highest BCUT2D eigenvalue weighted by molar-refractivity contribution is 7.12. The number of anilines is 1. The largest absolute Gasteiger partial charge is 0.508 e. The lowest BCUT2D eigenvalue weighted by Crippen LogP contribution is -2.48. The Morgan fingerprint density at radius 2 is 1.62 bits per heavy atom. The van der Waals surface area contributed by atoms with Crippen molar-refractivity contribution in [1.82, 2.24) is 20.6 Å². The van der Waals surface area contributed by atoms with Gasteiger partial charge in [0.25, 0.3) is 11.8 Å². The lowest BCUT2D eigenvalue weighted by Gasteiger charge is -2.17. The minimum atomic E-state index is -1.34. The van der Waals surface area contributed by atoms with Crippen LogP contribution in [-0.4, -0.2) is 50.6 Å². The van der Waals surface area contributed by atoms with Gasteiger partial charge in [0.1, 0.15) is 11.8 Å². The first-order valence-electron chi connectivity index (χ1n) is 12.0. The summed E-state index contributed by atoms with van der Waals surface area (Å²) < 4.78 is 0. The number of nitrogens with zero attached hydrogens (tertiary/aromatic N) is 2. The number of rotatable bonds is 10. The zero-order valence-corrected chi connectivity index (χ0v) is 22.1. The summed E-state index contributed by atoms with van der Waals surface area (Å²) in [5, 5.41) is 29.1. The number of aliphatic carboxylic acids is 1. The van der Waals surface area contributed by atoms with Gasteiger partial charge < -0.3 is 26.2 Å². The van der Waals surface area contributed by atoms with E-state index in [0.29, 0.717) is 28.8 Å². The van der Waals surface area contributed by atoms with Gasteiger partial charge in [-0.2, -0.15) is 0 Å². The van der Waals surface area contributed by atoms with Crippen LogP contribution in [0.4, 0.5) is 5.95 Å². The van der Waals surface area contributed by atoms with E-state index in [1.54, 1.807) is 43.5 Å². The van der Waals surface area contributed by atoms with Gasteiger partial charge in [-0.1, -0.05) is 42.5 Å². The molecule has 4 aromatic rings. The number of carbonyl (C=O) groups is 3. The molecule has 0 saturated heterocycles. The number of aryl methyl sites for hydroxylation is 2. The van der Waals surface area contributed by atoms with Crippen molar-refractivity contribution in [3.63, 3.8) is 0 Å². The summed E-state index contributed by atoms with van der Waals surface area (Å²) >= 11 is 1.23. The molecular weight excluding hydrogens is 518 g/mol. The number of hydrogen-bond donors (Lipinski definition) is 5. The number of phenols is 1. The van der Waals surface area contributed by atoms with Crippen molar-refractivity contribution >= 4 is 35.1 Å². The summed E-state index contributed by atoms with van der Waals surface area (Å²) in [6, 6.07) is 16.8. The molecule has 0 aliphatic heterocycles. The first kappa shape index (κ1) is 27.3. The molecular formula is C28H27N5O5S. The number of carboxylic acids is 1. The van der Waals surface area contributed by atoms with Gasteiger partial charge >= 0.3 is 5.97 Å². The average molecular weight is 546 g/mol. The van der Waals surface area contributed by atoms with Crippen LogP contribution < -0.4 is 16.0 Å². The van der Waals surface area contributed by atoms with Crippen LogP contribution in [0.3, 0.4) is 0 Å². The molecule has 0 fully saturated rings. The van der Waals surface area contributed by atoms with Crippen molar-refractivity contribution in [1.29, 1.82) is 0 Å². The number of aromatic nitrogens is 2. The summed E-state index contributed by atoms with van der Waals surface area (Å²) in [6.07, 6.45) is 0. The second-order valence-corrected chi connectivity index (χ2v) is 9.65. The monoisotopic (exact) mass is 545 g/mol. The summed E-state index contributed by atoms with van der Waals surface area (Å²) in [4.78, 5) is 46.2. The lowest BCUT2D eigenvalue weighted by atomic mass is 9.99. The highest BCUT2D eigenvalue weighted by Crippen LogP contribution is 2.26. The van der Waals surface area contributed by atoms with Gasteiger partial charge in [-0.15, -0.1) is 11.3 Å². The number of carbonyl (C=O) groups excluding carboxylic acids is 2. The smallest absolute Gasteiger partial charge is 0.328 e. The molecule has 4 rings (SSSR count). The fourth-order valence-corrected chi connectivity index (χ4v) is 4.66. The third kappa shape index (κ3) is 6.76. The number of benzene rings is 2. The van der Waals surface area contributed by atoms with Gasteiger partial charge in [-0.05, 0) is 54.1 Å². The summed E-state index contributed by atoms with van der Waals surface area (Å²) in [7, 11) is 0. The fraction of sp³-hybridized carbons (Fsp3) is 0.179. The second kappa shape index (κ2) is 12.2. The molecule has 0 saturated carbocycles. The number of aromatic hydroxyl groups is 1. The highest BCUT2D eigenvalue weighted by Gasteiger charge is 2.25. The molecule has 11 heteroatoms. The van der Waals surface area contributed by atoms with E-state index in [0.717, 1.165) is 16.7 Å². The summed E-state index contributed by atoms with van der Waals surface area (Å²) in [5.74, 6) is -1.83. The average Bonchev–Trinajstić information content (AvgIpc) is 3.45. The Morgan fingerprint density at radius 3 is 2.26 bits per heavy atom. The zero-order valence-electron chi connectivity index (χ0n) is 21.3. The SMILES string of the molecule is Cc1nc(NCc2ccccc2-c2ccc(O)cc2)nc(C)c1C(=O)N[C@@H](CNC(=O)c1cccs1)C(=O)O. The number of nitrogens with one attached hydrogen (secondary N) is 3. The van der Waals surface area contributed by atoms with E-state index in [2.05, 4.69) is 25.9 Å². The first-order valence-corrected chi connectivity index (χ1v) is 12.9. The van der Waals surface area contributed by atoms with E-state index < -0.39 is 23.8 Å². The standard InChI is InChI=1S/C28H27N5O5S/c1-16-24(26(36)33-22(27(37)38)15-29-25(35)23-8-5-13-39-23)17(2)32-28(31-16)30-14-19-6-3-4-7-21(19)18-9-11-20(34)12-10-18/h3-13,22,34H,14-15H2,1-2H3,(H,29,35)(H,33,36)(H,37,38)(H,30,31,32)/t22-/m0/s1. The molecule has 0 unspecified atom stereocenters. The van der Waals surface area contributed by atoms with E-state index in [1.165, 1.54) is 11.3 Å². The van der Waals surface area contributed by atoms with Crippen molar-refractivity contribution in [2.45, 2.75) is 26.4 Å². The van der Waals surface area contributed by atoms with Crippen LogP contribution in [0.5, 0.6) is 5.75 Å². The maximum atomic E-state index is 13.0. The third-order valence-corrected chi connectivity index (χ3v) is 6.81. The quantitative estimate of drug-likeness (QED) is 0.202. The van der Waals surface area contributed by atoms with Gasteiger partial charge in [0.2, 0.25) is 5.95 Å². The van der Waals surface area contributed by atoms with E-state index >= 15 is 0 Å².